The van der Waals surface area contributed by atoms with Gasteiger partial charge in [-0.2, -0.15) is 0 Å². The molecule has 0 saturated carbocycles. The number of rotatable bonds is 5. The van der Waals surface area contributed by atoms with Crippen molar-refractivity contribution in [1.82, 2.24) is 4.72 Å². The average Bonchev–Trinajstić information content (AvgIpc) is 2.93. The highest BCUT2D eigenvalue weighted by molar-refractivity contribution is 7.90. The zero-order chi connectivity index (χ0) is 21.2. The third-order valence-corrected chi connectivity index (χ3v) is 5.54. The van der Waals surface area contributed by atoms with Crippen molar-refractivity contribution in [1.29, 1.82) is 0 Å². The summed E-state index contributed by atoms with van der Waals surface area (Å²) in [5, 5.41) is 2.46. The number of carbonyl (C=O) groups is 2. The molecule has 2 N–H and O–H groups in total. The third kappa shape index (κ3) is 4.60. The highest BCUT2D eigenvalue weighted by Gasteiger charge is 2.31. The molecule has 29 heavy (non-hydrogen) atoms. The van der Waals surface area contributed by atoms with Gasteiger partial charge in [0, 0.05) is 11.3 Å². The van der Waals surface area contributed by atoms with Crippen LogP contribution in [0.25, 0.3) is 0 Å². The zero-order valence-electron chi connectivity index (χ0n) is 15.6. The van der Waals surface area contributed by atoms with Crippen LogP contribution in [0.1, 0.15) is 18.1 Å². The first-order chi connectivity index (χ1) is 13.7. The number of fused-ring (bicyclic) bond motifs is 1. The van der Waals surface area contributed by atoms with E-state index in [0.717, 1.165) is 6.07 Å². The maximum atomic E-state index is 13.3. The molecule has 1 aliphatic heterocycles. The number of amidine groups is 1. The van der Waals surface area contributed by atoms with Gasteiger partial charge in [0.2, 0.25) is 0 Å². The molecule has 1 aliphatic rings. The Morgan fingerprint density at radius 1 is 1.24 bits per heavy atom. The van der Waals surface area contributed by atoms with Crippen LogP contribution in [0.3, 0.4) is 0 Å². The first-order valence-electron chi connectivity index (χ1n) is 8.60. The molecule has 1 atom stereocenters. The maximum Gasteiger partial charge on any atom is 0.331 e. The predicted octanol–water partition coefficient (Wildman–Crippen LogP) is 1.74. The number of benzene rings is 2. The van der Waals surface area contributed by atoms with Gasteiger partial charge in [0.25, 0.3) is 15.9 Å². The number of hydrogen-bond acceptors (Lipinski definition) is 6. The Morgan fingerprint density at radius 3 is 2.72 bits per heavy atom. The van der Waals surface area contributed by atoms with Crippen LogP contribution in [0, 0.1) is 12.7 Å². The number of halogens is 1. The number of hydrogen-bond donors (Lipinski definition) is 2. The molecule has 2 aromatic rings. The van der Waals surface area contributed by atoms with Crippen LogP contribution in [-0.2, 0) is 24.3 Å². The van der Waals surface area contributed by atoms with Gasteiger partial charge >= 0.3 is 5.97 Å². The van der Waals surface area contributed by atoms with Gasteiger partial charge in [-0.1, -0.05) is 18.2 Å². The Labute approximate surface area is 166 Å². The topological polar surface area (TPSA) is 114 Å². The van der Waals surface area contributed by atoms with Gasteiger partial charge in [-0.05, 0) is 43.7 Å². The minimum Gasteiger partial charge on any atom is -0.454 e. The molecule has 0 bridgehead atoms. The molecular formula is C19H18FN3O5S. The number of esters is 1. The summed E-state index contributed by atoms with van der Waals surface area (Å²) >= 11 is 0. The zero-order valence-corrected chi connectivity index (χ0v) is 16.4. The first-order valence-corrected chi connectivity index (χ1v) is 10.1. The summed E-state index contributed by atoms with van der Waals surface area (Å²) in [5.41, 5.74) is 1.28. The first kappa shape index (κ1) is 20.5. The van der Waals surface area contributed by atoms with Crippen molar-refractivity contribution in [3.8, 4) is 0 Å². The fraction of sp³-hybridized carbons (Fsp3) is 0.211. The standard InChI is InChI=1S/C19H18FN3O5S/c1-11-7-8-13(20)9-15(11)22-17(24)10-28-19(25)12(2)21-18-14-5-3-4-6-16(14)29(26,27)23-18/h3-9,12H,10H2,1-2H3,(H,21,23)(H,22,24)/t12-/m0/s1. The molecule has 0 aromatic heterocycles. The van der Waals surface area contributed by atoms with Gasteiger partial charge in [-0.3, -0.25) is 14.5 Å². The second kappa shape index (κ2) is 8.00. The van der Waals surface area contributed by atoms with Gasteiger partial charge in [0.05, 0.1) is 4.90 Å². The maximum absolute atomic E-state index is 13.3. The lowest BCUT2D eigenvalue weighted by molar-refractivity contribution is -0.148. The molecule has 2 aromatic carbocycles. The van der Waals surface area contributed by atoms with E-state index in [2.05, 4.69) is 15.0 Å². The molecule has 0 radical (unpaired) electrons. The molecule has 1 amide bonds. The van der Waals surface area contributed by atoms with Crippen molar-refractivity contribution in [3.05, 3.63) is 59.4 Å². The molecule has 3 rings (SSSR count). The van der Waals surface area contributed by atoms with Crippen molar-refractivity contribution in [2.75, 3.05) is 11.9 Å². The second-order valence-electron chi connectivity index (χ2n) is 6.37. The van der Waals surface area contributed by atoms with Crippen molar-refractivity contribution in [3.63, 3.8) is 0 Å². The van der Waals surface area contributed by atoms with Crippen LogP contribution in [0.2, 0.25) is 0 Å². The molecule has 1 heterocycles. The summed E-state index contributed by atoms with van der Waals surface area (Å²) in [5.74, 6) is -1.93. The van der Waals surface area contributed by atoms with Gasteiger partial charge in [0.15, 0.2) is 6.61 Å². The number of sulfonamides is 1. The van der Waals surface area contributed by atoms with Crippen LogP contribution in [0.5, 0.6) is 0 Å². The molecule has 0 spiro atoms. The van der Waals surface area contributed by atoms with E-state index < -0.39 is 40.4 Å². The molecular weight excluding hydrogens is 401 g/mol. The minimum atomic E-state index is -3.72. The Balaban J connectivity index is 1.62. The monoisotopic (exact) mass is 419 g/mol. The van der Waals surface area contributed by atoms with E-state index in [-0.39, 0.29) is 16.4 Å². The Morgan fingerprint density at radius 2 is 1.97 bits per heavy atom. The molecule has 8 nitrogen and oxygen atoms in total. The quantitative estimate of drug-likeness (QED) is 0.717. The summed E-state index contributed by atoms with van der Waals surface area (Å²) in [6, 6.07) is 9.11. The van der Waals surface area contributed by atoms with E-state index in [0.29, 0.717) is 11.1 Å². The Hall–Kier alpha value is -3.27. The van der Waals surface area contributed by atoms with Crippen LogP contribution in [-0.4, -0.2) is 38.8 Å². The Kier molecular flexibility index (Phi) is 5.64. The number of aliphatic imine (C=N–C) groups is 1. The second-order valence-corrected chi connectivity index (χ2v) is 8.02. The van der Waals surface area contributed by atoms with Crippen LogP contribution >= 0.6 is 0 Å². The Bertz CT molecular complexity index is 1110. The lowest BCUT2D eigenvalue weighted by Gasteiger charge is -2.11. The number of nitrogens with one attached hydrogen (secondary N) is 2. The smallest absolute Gasteiger partial charge is 0.331 e. The number of aryl methyl sites for hydroxylation is 1. The van der Waals surface area contributed by atoms with Crippen molar-refractivity contribution in [2.24, 2.45) is 4.99 Å². The fourth-order valence-electron chi connectivity index (χ4n) is 2.65. The molecule has 0 unspecified atom stereocenters. The summed E-state index contributed by atoms with van der Waals surface area (Å²) in [4.78, 5) is 28.2. The summed E-state index contributed by atoms with van der Waals surface area (Å²) in [6.07, 6.45) is 0. The predicted molar refractivity (Wildman–Crippen MR) is 103 cm³/mol. The normalized spacial score (nSPS) is 16.6. The van der Waals surface area contributed by atoms with Crippen molar-refractivity contribution < 1.29 is 27.1 Å². The third-order valence-electron chi connectivity index (χ3n) is 4.15. The van der Waals surface area contributed by atoms with Gasteiger partial charge in [0.1, 0.15) is 17.7 Å². The highest BCUT2D eigenvalue weighted by Crippen LogP contribution is 2.22. The molecule has 0 fully saturated rings. The van der Waals surface area contributed by atoms with E-state index in [1.54, 1.807) is 25.1 Å². The SMILES string of the molecule is Cc1ccc(F)cc1NC(=O)COC(=O)[C@H](C)N=C1NS(=O)(=O)c2ccccc21. The highest BCUT2D eigenvalue weighted by atomic mass is 32.2. The average molecular weight is 419 g/mol. The lowest BCUT2D eigenvalue weighted by atomic mass is 10.2. The summed E-state index contributed by atoms with van der Waals surface area (Å²) in [7, 11) is -3.72. The number of anilines is 1. The van der Waals surface area contributed by atoms with Gasteiger partial charge < -0.3 is 10.1 Å². The van der Waals surface area contributed by atoms with E-state index in [9.17, 15) is 22.4 Å². The van der Waals surface area contributed by atoms with Crippen LogP contribution < -0.4 is 10.0 Å². The molecule has 0 aliphatic carbocycles. The van der Waals surface area contributed by atoms with Gasteiger partial charge in [-0.15, -0.1) is 0 Å². The van der Waals surface area contributed by atoms with Crippen molar-refractivity contribution >= 4 is 33.4 Å². The van der Waals surface area contributed by atoms with E-state index in [1.165, 1.54) is 25.1 Å². The number of amides is 1. The van der Waals surface area contributed by atoms with Gasteiger partial charge in [-0.25, -0.2) is 17.6 Å². The van der Waals surface area contributed by atoms with E-state index in [1.807, 2.05) is 0 Å². The largest absolute Gasteiger partial charge is 0.454 e. The molecule has 152 valence electrons. The number of ether oxygens (including phenoxy) is 1. The number of carbonyl (C=O) groups excluding carboxylic acids is 2. The van der Waals surface area contributed by atoms with E-state index >= 15 is 0 Å². The molecule has 0 saturated heterocycles. The lowest BCUT2D eigenvalue weighted by Crippen LogP contribution is -2.29. The van der Waals surface area contributed by atoms with Crippen LogP contribution in [0.15, 0.2) is 52.4 Å². The molecule has 10 heteroatoms. The fourth-order valence-corrected chi connectivity index (χ4v) is 3.89. The summed E-state index contributed by atoms with van der Waals surface area (Å²) < 4.78 is 44.6. The van der Waals surface area contributed by atoms with Crippen molar-refractivity contribution in [2.45, 2.75) is 24.8 Å². The van der Waals surface area contributed by atoms with Crippen LogP contribution in [0.4, 0.5) is 10.1 Å². The number of nitrogens with zero attached hydrogens (tertiary/aromatic N) is 1. The summed E-state index contributed by atoms with van der Waals surface area (Å²) in [6.45, 7) is 2.52. The minimum absolute atomic E-state index is 0.0323. The van der Waals surface area contributed by atoms with E-state index in [4.69, 9.17) is 4.74 Å².